The first-order valence-electron chi connectivity index (χ1n) is 3.79. The second-order valence-corrected chi connectivity index (χ2v) is 4.49. The Morgan fingerprint density at radius 3 is 2.42 bits per heavy atom. The third kappa shape index (κ3) is 4.01. The van der Waals surface area contributed by atoms with Gasteiger partial charge >= 0.3 is 0 Å². The summed E-state index contributed by atoms with van der Waals surface area (Å²) in [6.07, 6.45) is -0.650. The van der Waals surface area contributed by atoms with Crippen molar-refractivity contribution in [3.63, 3.8) is 0 Å². The van der Waals surface area contributed by atoms with Crippen molar-refractivity contribution in [3.8, 4) is 0 Å². The number of rotatable bonds is 5. The highest BCUT2D eigenvalue weighted by atomic mass is 32.2. The predicted octanol–water partition coefficient (Wildman–Crippen LogP) is -0.847. The van der Waals surface area contributed by atoms with E-state index in [4.69, 9.17) is 5.11 Å². The van der Waals surface area contributed by atoms with Crippen molar-refractivity contribution in [2.45, 2.75) is 20.0 Å². The zero-order chi connectivity index (χ0) is 9.78. The van der Waals surface area contributed by atoms with Crippen molar-refractivity contribution in [2.75, 3.05) is 20.1 Å². The lowest BCUT2D eigenvalue weighted by Crippen LogP contribution is -2.41. The number of aliphatic hydroxyl groups excluding tert-OH is 1. The van der Waals surface area contributed by atoms with E-state index in [0.717, 1.165) is 4.31 Å². The van der Waals surface area contributed by atoms with Crippen LogP contribution in [0.4, 0.5) is 0 Å². The Balaban J connectivity index is 4.16. The van der Waals surface area contributed by atoms with E-state index in [2.05, 4.69) is 4.72 Å². The summed E-state index contributed by atoms with van der Waals surface area (Å²) in [6.45, 7) is 3.70. The van der Waals surface area contributed by atoms with Crippen molar-refractivity contribution < 1.29 is 13.5 Å². The van der Waals surface area contributed by atoms with Gasteiger partial charge in [-0.25, -0.2) is 4.72 Å². The fraction of sp³-hybridized carbons (Fsp3) is 1.00. The minimum atomic E-state index is -3.38. The van der Waals surface area contributed by atoms with E-state index in [9.17, 15) is 8.42 Å². The maximum atomic E-state index is 11.2. The fourth-order valence-corrected chi connectivity index (χ4v) is 1.76. The van der Waals surface area contributed by atoms with Gasteiger partial charge in [-0.15, -0.1) is 0 Å². The average Bonchev–Trinajstić information content (AvgIpc) is 1.85. The summed E-state index contributed by atoms with van der Waals surface area (Å²) in [7, 11) is -1.96. The van der Waals surface area contributed by atoms with Gasteiger partial charge in [0.2, 0.25) is 0 Å². The SMILES string of the molecule is CCNS(=O)(=O)N(C)CC(C)O. The molecule has 74 valence electrons. The summed E-state index contributed by atoms with van der Waals surface area (Å²) in [5.41, 5.74) is 0. The third-order valence-electron chi connectivity index (χ3n) is 1.26. The largest absolute Gasteiger partial charge is 0.392 e. The highest BCUT2D eigenvalue weighted by Gasteiger charge is 2.16. The topological polar surface area (TPSA) is 69.6 Å². The molecule has 0 spiro atoms. The molecular weight excluding hydrogens is 180 g/mol. The van der Waals surface area contributed by atoms with Crippen molar-refractivity contribution in [1.82, 2.24) is 9.03 Å². The summed E-state index contributed by atoms with van der Waals surface area (Å²) in [4.78, 5) is 0. The van der Waals surface area contributed by atoms with E-state index in [-0.39, 0.29) is 6.54 Å². The van der Waals surface area contributed by atoms with Gasteiger partial charge < -0.3 is 5.11 Å². The van der Waals surface area contributed by atoms with E-state index in [0.29, 0.717) is 6.54 Å². The van der Waals surface area contributed by atoms with Crippen LogP contribution < -0.4 is 4.72 Å². The van der Waals surface area contributed by atoms with Crippen LogP contribution in [-0.4, -0.2) is 44.1 Å². The zero-order valence-corrected chi connectivity index (χ0v) is 8.43. The molecule has 0 aromatic carbocycles. The van der Waals surface area contributed by atoms with E-state index in [1.54, 1.807) is 6.92 Å². The van der Waals surface area contributed by atoms with Crippen LogP contribution in [0, 0.1) is 0 Å². The molecular formula is C6H16N2O3S. The Kier molecular flexibility index (Phi) is 4.69. The van der Waals surface area contributed by atoms with Gasteiger partial charge in [0.05, 0.1) is 6.10 Å². The molecule has 12 heavy (non-hydrogen) atoms. The minimum absolute atomic E-state index is 0.106. The molecule has 1 atom stereocenters. The highest BCUT2D eigenvalue weighted by Crippen LogP contribution is 1.94. The van der Waals surface area contributed by atoms with Gasteiger partial charge in [-0.05, 0) is 6.92 Å². The Hall–Kier alpha value is -0.170. The van der Waals surface area contributed by atoms with Gasteiger partial charge in [0.1, 0.15) is 0 Å². The molecule has 0 aromatic rings. The molecule has 6 heteroatoms. The molecule has 2 N–H and O–H groups in total. The lowest BCUT2D eigenvalue weighted by Gasteiger charge is -2.18. The van der Waals surface area contributed by atoms with Crippen LogP contribution in [0.25, 0.3) is 0 Å². The monoisotopic (exact) mass is 196 g/mol. The molecule has 5 nitrogen and oxygen atoms in total. The summed E-state index contributed by atoms with van der Waals surface area (Å²) in [6, 6.07) is 0. The number of nitrogens with one attached hydrogen (secondary N) is 1. The molecule has 0 aliphatic rings. The Labute approximate surface area is 73.6 Å². The maximum absolute atomic E-state index is 11.2. The molecule has 0 amide bonds. The fourth-order valence-electron chi connectivity index (χ4n) is 0.763. The van der Waals surface area contributed by atoms with Gasteiger partial charge in [-0.1, -0.05) is 6.92 Å². The van der Waals surface area contributed by atoms with Crippen molar-refractivity contribution >= 4 is 10.2 Å². The van der Waals surface area contributed by atoms with Crippen LogP contribution in [0.5, 0.6) is 0 Å². The van der Waals surface area contributed by atoms with Gasteiger partial charge in [-0.3, -0.25) is 0 Å². The molecule has 0 aliphatic heterocycles. The molecule has 0 bridgehead atoms. The summed E-state index contributed by atoms with van der Waals surface area (Å²) >= 11 is 0. The van der Waals surface area contributed by atoms with Crippen LogP contribution in [0.2, 0.25) is 0 Å². The van der Waals surface area contributed by atoms with Crippen molar-refractivity contribution in [1.29, 1.82) is 0 Å². The smallest absolute Gasteiger partial charge is 0.279 e. The first-order valence-corrected chi connectivity index (χ1v) is 5.23. The number of hydrogen-bond acceptors (Lipinski definition) is 3. The second-order valence-electron chi connectivity index (χ2n) is 2.63. The van der Waals surface area contributed by atoms with E-state index in [1.165, 1.54) is 14.0 Å². The molecule has 0 heterocycles. The normalized spacial score (nSPS) is 15.1. The molecule has 0 saturated heterocycles. The molecule has 0 radical (unpaired) electrons. The van der Waals surface area contributed by atoms with Crippen molar-refractivity contribution in [2.24, 2.45) is 0 Å². The predicted molar refractivity (Wildman–Crippen MR) is 46.9 cm³/mol. The Morgan fingerprint density at radius 2 is 2.08 bits per heavy atom. The quantitative estimate of drug-likeness (QED) is 0.602. The maximum Gasteiger partial charge on any atom is 0.279 e. The van der Waals surface area contributed by atoms with Crippen LogP contribution in [0.15, 0.2) is 0 Å². The number of nitrogens with zero attached hydrogens (tertiary/aromatic N) is 1. The van der Waals surface area contributed by atoms with Gasteiger partial charge in [0.15, 0.2) is 0 Å². The van der Waals surface area contributed by atoms with Crippen molar-refractivity contribution in [3.05, 3.63) is 0 Å². The Bertz CT molecular complexity index is 213. The standard InChI is InChI=1S/C6H16N2O3S/c1-4-7-12(10,11)8(3)5-6(2)9/h6-7,9H,4-5H2,1-3H3. The van der Waals surface area contributed by atoms with Crippen LogP contribution in [0.3, 0.4) is 0 Å². The molecule has 0 aliphatic carbocycles. The van der Waals surface area contributed by atoms with Gasteiger partial charge in [-0.2, -0.15) is 12.7 Å². The lowest BCUT2D eigenvalue weighted by molar-refractivity contribution is 0.170. The van der Waals surface area contributed by atoms with Crippen LogP contribution in [-0.2, 0) is 10.2 Å². The average molecular weight is 196 g/mol. The van der Waals surface area contributed by atoms with Crippen LogP contribution >= 0.6 is 0 Å². The summed E-state index contributed by atoms with van der Waals surface area (Å²) in [5.74, 6) is 0. The zero-order valence-electron chi connectivity index (χ0n) is 7.61. The molecule has 0 aromatic heterocycles. The summed E-state index contributed by atoms with van der Waals surface area (Å²) < 4.78 is 25.7. The second kappa shape index (κ2) is 4.76. The van der Waals surface area contributed by atoms with E-state index < -0.39 is 16.3 Å². The first-order chi connectivity index (χ1) is 5.40. The van der Waals surface area contributed by atoms with Gasteiger partial charge in [0, 0.05) is 20.1 Å². The first kappa shape index (κ1) is 11.8. The van der Waals surface area contributed by atoms with Gasteiger partial charge in [0.25, 0.3) is 10.2 Å². The van der Waals surface area contributed by atoms with Crippen LogP contribution in [0.1, 0.15) is 13.8 Å². The molecule has 0 fully saturated rings. The summed E-state index contributed by atoms with van der Waals surface area (Å²) in [5, 5.41) is 8.92. The molecule has 0 rings (SSSR count). The van der Waals surface area contributed by atoms with E-state index >= 15 is 0 Å². The van der Waals surface area contributed by atoms with E-state index in [1.807, 2.05) is 0 Å². The third-order valence-corrected chi connectivity index (χ3v) is 2.88. The number of hydrogen-bond donors (Lipinski definition) is 2. The Morgan fingerprint density at radius 1 is 1.58 bits per heavy atom. The molecule has 1 unspecified atom stereocenters. The lowest BCUT2D eigenvalue weighted by atomic mass is 10.4. The number of likely N-dealkylation sites (N-methyl/N-ethyl adjacent to an activating group) is 1. The molecule has 0 saturated carbocycles. The minimum Gasteiger partial charge on any atom is -0.392 e. The highest BCUT2D eigenvalue weighted by molar-refractivity contribution is 7.87. The number of aliphatic hydroxyl groups is 1.